The van der Waals surface area contributed by atoms with E-state index in [4.69, 9.17) is 4.98 Å². The van der Waals surface area contributed by atoms with Gasteiger partial charge in [0, 0.05) is 31.6 Å². The van der Waals surface area contributed by atoms with Crippen LogP contribution in [-0.4, -0.2) is 39.4 Å². The van der Waals surface area contributed by atoms with Gasteiger partial charge in [0.15, 0.2) is 0 Å². The third kappa shape index (κ3) is 4.57. The molecule has 0 spiro atoms. The summed E-state index contributed by atoms with van der Waals surface area (Å²) in [6.45, 7) is 1.55. The summed E-state index contributed by atoms with van der Waals surface area (Å²) in [7, 11) is 0. The maximum atomic E-state index is 13.0. The van der Waals surface area contributed by atoms with Crippen LogP contribution in [0.2, 0.25) is 0 Å². The van der Waals surface area contributed by atoms with Crippen LogP contribution >= 0.6 is 0 Å². The number of aromatic nitrogens is 2. The molecular formula is C28H28N4O2. The van der Waals surface area contributed by atoms with Gasteiger partial charge in [-0.15, -0.1) is 0 Å². The first kappa shape index (κ1) is 21.9. The van der Waals surface area contributed by atoms with Gasteiger partial charge in [0.2, 0.25) is 5.91 Å². The molecule has 6 heteroatoms. The highest BCUT2D eigenvalue weighted by Crippen LogP contribution is 2.23. The van der Waals surface area contributed by atoms with Gasteiger partial charge in [-0.05, 0) is 55.7 Å². The number of aryl methyl sites for hydroxylation is 1. The number of hydrogen-bond donors (Lipinski definition) is 1. The average Bonchev–Trinajstić information content (AvgIpc) is 3.27. The summed E-state index contributed by atoms with van der Waals surface area (Å²) >= 11 is 0. The van der Waals surface area contributed by atoms with E-state index >= 15 is 0 Å². The minimum atomic E-state index is -0.134. The van der Waals surface area contributed by atoms with Crippen LogP contribution in [0.4, 0.5) is 5.69 Å². The predicted octanol–water partition coefficient (Wildman–Crippen LogP) is 5.22. The summed E-state index contributed by atoms with van der Waals surface area (Å²) in [6, 6.07) is 25.3. The van der Waals surface area contributed by atoms with Gasteiger partial charge in [-0.25, -0.2) is 4.98 Å². The summed E-state index contributed by atoms with van der Waals surface area (Å²) in [5.41, 5.74) is 4.05. The van der Waals surface area contributed by atoms with Gasteiger partial charge in [0.25, 0.3) is 5.91 Å². The van der Waals surface area contributed by atoms with E-state index < -0.39 is 0 Å². The number of carbonyl (C=O) groups excluding carboxylic acids is 2. The molecule has 0 aliphatic carbocycles. The van der Waals surface area contributed by atoms with Crippen molar-refractivity contribution in [1.82, 2.24) is 14.5 Å². The standard InChI is InChI=1S/C28H28N4O2/c33-27(30-23-14-6-5-13-22(23)28(34)31-19-9-2-10-20-31)18-17-26-29-24-15-7-8-16-25(24)32(26)21-11-3-1-4-12-21/h1,3-8,11-16H,2,9-10,17-20H2,(H,30,33). The Balaban J connectivity index is 1.33. The molecule has 0 atom stereocenters. The first-order valence-corrected chi connectivity index (χ1v) is 11.9. The molecule has 1 aliphatic heterocycles. The number of carbonyl (C=O) groups is 2. The van der Waals surface area contributed by atoms with E-state index in [-0.39, 0.29) is 18.2 Å². The van der Waals surface area contributed by atoms with Crippen molar-refractivity contribution in [2.24, 2.45) is 0 Å². The summed E-state index contributed by atoms with van der Waals surface area (Å²) in [4.78, 5) is 32.7. The van der Waals surface area contributed by atoms with Crippen LogP contribution in [0.25, 0.3) is 16.7 Å². The number of anilines is 1. The number of hydrogen-bond acceptors (Lipinski definition) is 3. The topological polar surface area (TPSA) is 67.2 Å². The monoisotopic (exact) mass is 452 g/mol. The van der Waals surface area contributed by atoms with E-state index in [2.05, 4.69) is 9.88 Å². The number of likely N-dealkylation sites (tertiary alicyclic amines) is 1. The molecule has 0 radical (unpaired) electrons. The normalized spacial score (nSPS) is 13.7. The van der Waals surface area contributed by atoms with E-state index in [0.717, 1.165) is 54.9 Å². The van der Waals surface area contributed by atoms with E-state index in [1.54, 1.807) is 12.1 Å². The van der Waals surface area contributed by atoms with Crippen LogP contribution in [0.15, 0.2) is 78.9 Å². The fourth-order valence-electron chi connectivity index (χ4n) is 4.59. The SMILES string of the molecule is O=C(CCc1nc2ccccc2n1-c1ccccc1)Nc1ccccc1C(=O)N1CCCCC1. The van der Waals surface area contributed by atoms with Crippen LogP contribution < -0.4 is 5.32 Å². The number of para-hydroxylation sites is 4. The molecule has 172 valence electrons. The van der Waals surface area contributed by atoms with Gasteiger partial charge < -0.3 is 10.2 Å². The highest BCUT2D eigenvalue weighted by atomic mass is 16.2. The van der Waals surface area contributed by atoms with Gasteiger partial charge in [-0.2, -0.15) is 0 Å². The van der Waals surface area contributed by atoms with Gasteiger partial charge in [-0.3, -0.25) is 14.2 Å². The first-order chi connectivity index (χ1) is 16.7. The Hall–Kier alpha value is -3.93. The minimum Gasteiger partial charge on any atom is -0.339 e. The lowest BCUT2D eigenvalue weighted by Crippen LogP contribution is -2.36. The van der Waals surface area contributed by atoms with Crippen molar-refractivity contribution in [3.63, 3.8) is 0 Å². The Morgan fingerprint density at radius 3 is 2.35 bits per heavy atom. The van der Waals surface area contributed by atoms with Crippen molar-refractivity contribution in [3.05, 3.63) is 90.3 Å². The zero-order valence-corrected chi connectivity index (χ0v) is 19.1. The number of amides is 2. The van der Waals surface area contributed by atoms with Crippen LogP contribution in [-0.2, 0) is 11.2 Å². The number of rotatable bonds is 6. The lowest BCUT2D eigenvalue weighted by atomic mass is 10.1. The zero-order chi connectivity index (χ0) is 23.3. The second-order valence-electron chi connectivity index (χ2n) is 8.63. The van der Waals surface area contributed by atoms with E-state index in [1.165, 1.54) is 0 Å². The van der Waals surface area contributed by atoms with E-state index in [9.17, 15) is 9.59 Å². The number of piperidine rings is 1. The van der Waals surface area contributed by atoms with E-state index in [0.29, 0.717) is 17.7 Å². The third-order valence-corrected chi connectivity index (χ3v) is 6.30. The number of fused-ring (bicyclic) bond motifs is 1. The Kier molecular flexibility index (Phi) is 6.38. The molecule has 2 heterocycles. The van der Waals surface area contributed by atoms with Crippen LogP contribution in [0.5, 0.6) is 0 Å². The van der Waals surface area contributed by atoms with Crippen LogP contribution in [0.3, 0.4) is 0 Å². The third-order valence-electron chi connectivity index (χ3n) is 6.30. The van der Waals surface area contributed by atoms with Crippen molar-refractivity contribution in [2.45, 2.75) is 32.1 Å². The smallest absolute Gasteiger partial charge is 0.255 e. The minimum absolute atomic E-state index is 0.0125. The van der Waals surface area contributed by atoms with E-state index in [1.807, 2.05) is 71.6 Å². The molecule has 0 unspecified atom stereocenters. The van der Waals surface area contributed by atoms with Crippen molar-refractivity contribution in [1.29, 1.82) is 0 Å². The Morgan fingerprint density at radius 2 is 1.53 bits per heavy atom. The molecule has 2 amide bonds. The Labute approximate surface area is 199 Å². The van der Waals surface area contributed by atoms with Gasteiger partial charge >= 0.3 is 0 Å². The predicted molar refractivity (Wildman–Crippen MR) is 134 cm³/mol. The number of nitrogens with zero attached hydrogens (tertiary/aromatic N) is 3. The van der Waals surface area contributed by atoms with Crippen molar-refractivity contribution in [2.75, 3.05) is 18.4 Å². The lowest BCUT2D eigenvalue weighted by Gasteiger charge is -2.27. The molecule has 34 heavy (non-hydrogen) atoms. The molecule has 1 aliphatic rings. The average molecular weight is 453 g/mol. The van der Waals surface area contributed by atoms with Gasteiger partial charge in [-0.1, -0.05) is 42.5 Å². The Morgan fingerprint density at radius 1 is 0.824 bits per heavy atom. The largest absolute Gasteiger partial charge is 0.339 e. The summed E-state index contributed by atoms with van der Waals surface area (Å²) in [6.07, 6.45) is 3.97. The number of benzene rings is 3. The first-order valence-electron chi connectivity index (χ1n) is 11.9. The molecule has 5 rings (SSSR count). The fraction of sp³-hybridized carbons (Fsp3) is 0.250. The highest BCUT2D eigenvalue weighted by molar-refractivity contribution is 6.03. The van der Waals surface area contributed by atoms with Gasteiger partial charge in [0.1, 0.15) is 5.82 Å². The second-order valence-corrected chi connectivity index (χ2v) is 8.63. The number of imidazole rings is 1. The molecule has 4 aromatic rings. The maximum Gasteiger partial charge on any atom is 0.255 e. The molecule has 6 nitrogen and oxygen atoms in total. The Bertz CT molecular complexity index is 1310. The van der Waals surface area contributed by atoms with Crippen molar-refractivity contribution >= 4 is 28.5 Å². The second kappa shape index (κ2) is 9.91. The summed E-state index contributed by atoms with van der Waals surface area (Å²) in [5.74, 6) is 0.687. The van der Waals surface area contributed by atoms with Gasteiger partial charge in [0.05, 0.1) is 22.3 Å². The molecule has 0 bridgehead atoms. The quantitative estimate of drug-likeness (QED) is 0.436. The summed E-state index contributed by atoms with van der Waals surface area (Å²) in [5, 5.41) is 2.97. The maximum absolute atomic E-state index is 13.0. The van der Waals surface area contributed by atoms with Crippen LogP contribution in [0.1, 0.15) is 41.9 Å². The number of nitrogens with one attached hydrogen (secondary N) is 1. The molecular weight excluding hydrogens is 424 g/mol. The molecule has 1 fully saturated rings. The molecule has 1 N–H and O–H groups in total. The molecule has 0 saturated carbocycles. The lowest BCUT2D eigenvalue weighted by molar-refractivity contribution is -0.116. The highest BCUT2D eigenvalue weighted by Gasteiger charge is 2.21. The van der Waals surface area contributed by atoms with Crippen LogP contribution in [0, 0.1) is 0 Å². The van der Waals surface area contributed by atoms with Crippen molar-refractivity contribution in [3.8, 4) is 5.69 Å². The molecule has 3 aromatic carbocycles. The zero-order valence-electron chi connectivity index (χ0n) is 19.1. The molecule has 1 aromatic heterocycles. The molecule has 1 saturated heterocycles. The van der Waals surface area contributed by atoms with Crippen molar-refractivity contribution < 1.29 is 9.59 Å². The fourth-order valence-corrected chi connectivity index (χ4v) is 4.59. The summed E-state index contributed by atoms with van der Waals surface area (Å²) < 4.78 is 2.11.